The van der Waals surface area contributed by atoms with E-state index in [1.165, 1.54) is 18.4 Å². The molecular formula is C19H26N2O2. The molecule has 1 heterocycles. The van der Waals surface area contributed by atoms with E-state index in [9.17, 15) is 5.21 Å². The van der Waals surface area contributed by atoms with Crippen LogP contribution >= 0.6 is 0 Å². The number of fused-ring (bicyclic) bond motifs is 3. The number of hydrogen-bond acceptors (Lipinski definition) is 4. The Morgan fingerprint density at radius 2 is 1.74 bits per heavy atom. The predicted octanol–water partition coefficient (Wildman–Crippen LogP) is 3.09. The number of rotatable bonds is 3. The van der Waals surface area contributed by atoms with Gasteiger partial charge in [0.25, 0.3) is 0 Å². The van der Waals surface area contributed by atoms with Crippen molar-refractivity contribution in [2.45, 2.75) is 44.1 Å². The number of oxime groups is 1. The Morgan fingerprint density at radius 1 is 1.04 bits per heavy atom. The summed E-state index contributed by atoms with van der Waals surface area (Å²) in [5.41, 5.74) is 2.67. The molecule has 0 radical (unpaired) electrons. The molecule has 124 valence electrons. The molecule has 1 saturated heterocycles. The van der Waals surface area contributed by atoms with Crippen molar-refractivity contribution in [1.29, 1.82) is 0 Å². The van der Waals surface area contributed by atoms with Gasteiger partial charge in [-0.1, -0.05) is 35.5 Å². The van der Waals surface area contributed by atoms with Gasteiger partial charge in [-0.25, -0.2) is 0 Å². The Bertz CT molecular complexity index is 570. The lowest BCUT2D eigenvalue weighted by molar-refractivity contribution is -0.0562. The molecule has 3 saturated carbocycles. The minimum absolute atomic E-state index is 0.0736. The van der Waals surface area contributed by atoms with Crippen LogP contribution in [0.5, 0.6) is 0 Å². The number of morpholine rings is 1. The molecule has 0 unspecified atom stereocenters. The molecule has 5 rings (SSSR count). The van der Waals surface area contributed by atoms with E-state index in [1.54, 1.807) is 0 Å². The maximum atomic E-state index is 9.71. The Morgan fingerprint density at radius 3 is 2.39 bits per heavy atom. The highest BCUT2D eigenvalue weighted by atomic mass is 16.5. The zero-order chi connectivity index (χ0) is 15.8. The third-order valence-corrected chi connectivity index (χ3v) is 6.43. The van der Waals surface area contributed by atoms with Crippen LogP contribution in [-0.4, -0.2) is 47.7 Å². The van der Waals surface area contributed by atoms with Crippen molar-refractivity contribution in [1.82, 2.24) is 4.90 Å². The highest BCUT2D eigenvalue weighted by Crippen LogP contribution is 2.54. The third kappa shape index (κ3) is 2.58. The minimum Gasteiger partial charge on any atom is -0.411 e. The fourth-order valence-electron chi connectivity index (χ4n) is 5.03. The second-order valence-corrected chi connectivity index (χ2v) is 7.49. The molecule has 4 aliphatic rings. The van der Waals surface area contributed by atoms with E-state index in [0.717, 1.165) is 57.7 Å². The van der Waals surface area contributed by atoms with Gasteiger partial charge in [0.2, 0.25) is 0 Å². The van der Waals surface area contributed by atoms with E-state index in [2.05, 4.69) is 40.4 Å². The molecule has 4 nitrogen and oxygen atoms in total. The van der Waals surface area contributed by atoms with Gasteiger partial charge in [-0.2, -0.15) is 0 Å². The van der Waals surface area contributed by atoms with Crippen LogP contribution < -0.4 is 0 Å². The van der Waals surface area contributed by atoms with Crippen LogP contribution in [0.4, 0.5) is 0 Å². The van der Waals surface area contributed by atoms with Crippen LogP contribution in [-0.2, 0) is 11.2 Å². The Labute approximate surface area is 138 Å². The quantitative estimate of drug-likeness (QED) is 0.689. The lowest BCUT2D eigenvalue weighted by atomic mass is 9.54. The smallest absolute Gasteiger partial charge is 0.0654 e. The first-order chi connectivity index (χ1) is 11.3. The molecule has 2 bridgehead atoms. The van der Waals surface area contributed by atoms with Gasteiger partial charge in [0, 0.05) is 30.5 Å². The first kappa shape index (κ1) is 15.2. The molecule has 1 N–H and O–H groups in total. The van der Waals surface area contributed by atoms with Crippen LogP contribution in [0, 0.1) is 5.41 Å². The molecule has 1 aromatic carbocycles. The summed E-state index contributed by atoms with van der Waals surface area (Å²) in [7, 11) is 0. The Balaban J connectivity index is 1.57. The van der Waals surface area contributed by atoms with Crippen molar-refractivity contribution in [3.63, 3.8) is 0 Å². The molecular weight excluding hydrogens is 288 g/mol. The summed E-state index contributed by atoms with van der Waals surface area (Å²) >= 11 is 0. The van der Waals surface area contributed by atoms with E-state index in [1.807, 2.05) is 0 Å². The molecule has 0 spiro atoms. The van der Waals surface area contributed by atoms with E-state index in [-0.39, 0.29) is 11.0 Å². The normalized spacial score (nSPS) is 36.4. The molecule has 1 aliphatic heterocycles. The van der Waals surface area contributed by atoms with Crippen molar-refractivity contribution in [2.24, 2.45) is 10.6 Å². The number of ether oxygens (including phenoxy) is 1. The van der Waals surface area contributed by atoms with Gasteiger partial charge in [-0.05, 0) is 37.7 Å². The summed E-state index contributed by atoms with van der Waals surface area (Å²) < 4.78 is 5.52. The Kier molecular flexibility index (Phi) is 3.90. The van der Waals surface area contributed by atoms with Crippen molar-refractivity contribution in [3.8, 4) is 0 Å². The van der Waals surface area contributed by atoms with E-state index >= 15 is 0 Å². The monoisotopic (exact) mass is 314 g/mol. The maximum absolute atomic E-state index is 9.71. The van der Waals surface area contributed by atoms with Crippen LogP contribution in [0.15, 0.2) is 35.5 Å². The average Bonchev–Trinajstić information content (AvgIpc) is 2.64. The molecule has 3 aliphatic carbocycles. The first-order valence-corrected chi connectivity index (χ1v) is 8.85. The predicted molar refractivity (Wildman–Crippen MR) is 90.0 cm³/mol. The number of hydrogen-bond donors (Lipinski definition) is 1. The summed E-state index contributed by atoms with van der Waals surface area (Å²) in [5, 5.41) is 13.5. The summed E-state index contributed by atoms with van der Waals surface area (Å²) in [6.45, 7) is 3.71. The zero-order valence-corrected chi connectivity index (χ0v) is 13.7. The van der Waals surface area contributed by atoms with Gasteiger partial charge in [0.1, 0.15) is 0 Å². The van der Waals surface area contributed by atoms with Crippen molar-refractivity contribution >= 4 is 5.71 Å². The van der Waals surface area contributed by atoms with E-state index in [4.69, 9.17) is 4.74 Å². The topological polar surface area (TPSA) is 45.1 Å². The molecule has 0 aromatic heterocycles. The maximum Gasteiger partial charge on any atom is 0.0654 e. The fourth-order valence-corrected chi connectivity index (χ4v) is 5.03. The molecule has 0 amide bonds. The lowest BCUT2D eigenvalue weighted by Gasteiger charge is -2.58. The molecule has 0 atom stereocenters. The third-order valence-electron chi connectivity index (χ3n) is 6.43. The number of benzene rings is 1. The average molecular weight is 314 g/mol. The molecule has 4 fully saturated rings. The second kappa shape index (κ2) is 5.91. The van der Waals surface area contributed by atoms with Crippen LogP contribution in [0.25, 0.3) is 0 Å². The van der Waals surface area contributed by atoms with Gasteiger partial charge >= 0.3 is 0 Å². The van der Waals surface area contributed by atoms with Crippen molar-refractivity contribution < 1.29 is 9.94 Å². The van der Waals surface area contributed by atoms with E-state index in [0.29, 0.717) is 0 Å². The number of nitrogens with zero attached hydrogens (tertiary/aromatic N) is 2. The lowest BCUT2D eigenvalue weighted by Crippen LogP contribution is -2.63. The van der Waals surface area contributed by atoms with Gasteiger partial charge in [0.05, 0.1) is 18.9 Å². The standard InChI is InChI=1S/C19H26N2O2/c22-20-17-15-19(21-10-12-23-13-11-21)8-6-18(17,7-9-19)14-16-4-2-1-3-5-16/h1-5,22H,6-15H2. The van der Waals surface area contributed by atoms with Crippen LogP contribution in [0.1, 0.15) is 37.7 Å². The molecule has 23 heavy (non-hydrogen) atoms. The Hall–Kier alpha value is -1.39. The largest absolute Gasteiger partial charge is 0.411 e. The van der Waals surface area contributed by atoms with Gasteiger partial charge < -0.3 is 9.94 Å². The molecule has 1 aromatic rings. The first-order valence-electron chi connectivity index (χ1n) is 8.85. The summed E-state index contributed by atoms with van der Waals surface area (Å²) in [4.78, 5) is 2.60. The summed E-state index contributed by atoms with van der Waals surface area (Å²) in [6, 6.07) is 10.7. The van der Waals surface area contributed by atoms with Gasteiger partial charge in [0.15, 0.2) is 0 Å². The second-order valence-electron chi connectivity index (χ2n) is 7.49. The SMILES string of the molecule is ON=C1CC2(N3CCOCC3)CCC1(Cc1ccccc1)CC2. The minimum atomic E-state index is 0.0736. The highest BCUT2D eigenvalue weighted by molar-refractivity contribution is 5.92. The van der Waals surface area contributed by atoms with Crippen LogP contribution in [0.2, 0.25) is 0 Å². The van der Waals surface area contributed by atoms with Crippen molar-refractivity contribution in [3.05, 3.63) is 35.9 Å². The van der Waals surface area contributed by atoms with E-state index < -0.39 is 0 Å². The fraction of sp³-hybridized carbons (Fsp3) is 0.632. The van der Waals surface area contributed by atoms with Crippen molar-refractivity contribution in [2.75, 3.05) is 26.3 Å². The highest BCUT2D eigenvalue weighted by Gasteiger charge is 2.55. The molecule has 4 heteroatoms. The summed E-state index contributed by atoms with van der Waals surface area (Å²) in [6.07, 6.45) is 6.65. The van der Waals surface area contributed by atoms with Gasteiger partial charge in [-0.15, -0.1) is 0 Å². The zero-order valence-electron chi connectivity index (χ0n) is 13.7. The van der Waals surface area contributed by atoms with Crippen LogP contribution in [0.3, 0.4) is 0 Å². The summed E-state index contributed by atoms with van der Waals surface area (Å²) in [5.74, 6) is 0. The van der Waals surface area contributed by atoms with Gasteiger partial charge in [-0.3, -0.25) is 4.90 Å².